The zero-order valence-electron chi connectivity index (χ0n) is 17.8. The summed E-state index contributed by atoms with van der Waals surface area (Å²) in [6.07, 6.45) is 1.86. The predicted octanol–water partition coefficient (Wildman–Crippen LogP) is 5.56. The van der Waals surface area contributed by atoms with Crippen molar-refractivity contribution in [2.24, 2.45) is 0 Å². The van der Waals surface area contributed by atoms with Crippen LogP contribution in [-0.2, 0) is 17.9 Å². The van der Waals surface area contributed by atoms with Crippen LogP contribution in [0, 0.1) is 0 Å². The zero-order chi connectivity index (χ0) is 22.3. The number of ether oxygens (including phenoxy) is 1. The Morgan fingerprint density at radius 2 is 1.47 bits per heavy atom. The lowest BCUT2D eigenvalue weighted by Crippen LogP contribution is -2.39. The standard InChI is InChI=1S/C26H24N2O2S2/c1-30-23-15-9-8-14-22(23)16-24-25(29)28(26(31)32-24)19-27(17-20-10-4-2-5-11-20)18-21-12-6-3-7-13-21/h2-16H,17-19H2,1H3/b24-16+. The molecule has 3 aromatic rings. The van der Waals surface area contributed by atoms with Crippen LogP contribution in [0.4, 0.5) is 0 Å². The molecular formula is C26H24N2O2S2. The molecule has 4 rings (SSSR count). The maximum Gasteiger partial charge on any atom is 0.267 e. The molecule has 0 spiro atoms. The van der Waals surface area contributed by atoms with Crippen LogP contribution in [0.2, 0.25) is 0 Å². The van der Waals surface area contributed by atoms with E-state index in [1.165, 1.54) is 22.9 Å². The van der Waals surface area contributed by atoms with Gasteiger partial charge in [0.2, 0.25) is 0 Å². The van der Waals surface area contributed by atoms with E-state index in [1.807, 2.05) is 66.7 Å². The first-order valence-electron chi connectivity index (χ1n) is 10.3. The lowest BCUT2D eigenvalue weighted by molar-refractivity contribution is -0.123. The summed E-state index contributed by atoms with van der Waals surface area (Å²) in [5.74, 6) is 0.657. The largest absolute Gasteiger partial charge is 0.496 e. The number of benzene rings is 3. The summed E-state index contributed by atoms with van der Waals surface area (Å²) in [5, 5.41) is 0. The molecule has 3 aromatic carbocycles. The molecule has 1 fully saturated rings. The lowest BCUT2D eigenvalue weighted by Gasteiger charge is -2.27. The van der Waals surface area contributed by atoms with E-state index in [4.69, 9.17) is 17.0 Å². The summed E-state index contributed by atoms with van der Waals surface area (Å²) in [4.78, 5) is 17.8. The van der Waals surface area contributed by atoms with Crippen molar-refractivity contribution < 1.29 is 9.53 Å². The maximum atomic E-state index is 13.2. The summed E-state index contributed by atoms with van der Waals surface area (Å²) >= 11 is 6.93. The van der Waals surface area contributed by atoms with Crippen LogP contribution in [0.3, 0.4) is 0 Å². The first kappa shape index (κ1) is 22.3. The highest BCUT2D eigenvalue weighted by Crippen LogP contribution is 2.34. The van der Waals surface area contributed by atoms with E-state index in [-0.39, 0.29) is 5.91 Å². The van der Waals surface area contributed by atoms with Gasteiger partial charge < -0.3 is 4.74 Å². The van der Waals surface area contributed by atoms with Gasteiger partial charge in [-0.15, -0.1) is 0 Å². The van der Waals surface area contributed by atoms with Gasteiger partial charge in [0.25, 0.3) is 5.91 Å². The van der Waals surface area contributed by atoms with Gasteiger partial charge in [-0.3, -0.25) is 14.6 Å². The van der Waals surface area contributed by atoms with E-state index < -0.39 is 0 Å². The van der Waals surface area contributed by atoms with Gasteiger partial charge in [0.05, 0.1) is 18.7 Å². The predicted molar refractivity (Wildman–Crippen MR) is 135 cm³/mol. The molecule has 0 aliphatic carbocycles. The smallest absolute Gasteiger partial charge is 0.267 e. The first-order chi connectivity index (χ1) is 15.6. The van der Waals surface area contributed by atoms with Crippen molar-refractivity contribution in [2.45, 2.75) is 13.1 Å². The molecule has 6 heteroatoms. The van der Waals surface area contributed by atoms with E-state index in [0.29, 0.717) is 15.9 Å². The van der Waals surface area contributed by atoms with E-state index in [9.17, 15) is 4.79 Å². The number of rotatable bonds is 8. The van der Waals surface area contributed by atoms with E-state index in [1.54, 1.807) is 12.0 Å². The Bertz CT molecular complexity index is 1080. The number of carbonyl (C=O) groups excluding carboxylic acids is 1. The Hall–Kier alpha value is -2.93. The van der Waals surface area contributed by atoms with Gasteiger partial charge in [0.15, 0.2) is 0 Å². The van der Waals surface area contributed by atoms with E-state index >= 15 is 0 Å². The third-order valence-corrected chi connectivity index (χ3v) is 6.52. The highest BCUT2D eigenvalue weighted by atomic mass is 32.2. The Morgan fingerprint density at radius 1 is 0.906 bits per heavy atom. The van der Waals surface area contributed by atoms with Gasteiger partial charge in [-0.05, 0) is 23.3 Å². The number of methoxy groups -OCH3 is 1. The van der Waals surface area contributed by atoms with Crippen molar-refractivity contribution in [2.75, 3.05) is 13.8 Å². The van der Waals surface area contributed by atoms with Crippen LogP contribution in [-0.4, -0.2) is 33.8 Å². The molecule has 1 heterocycles. The quantitative estimate of drug-likeness (QED) is 0.325. The number of amides is 1. The number of carbonyl (C=O) groups is 1. The fourth-order valence-corrected chi connectivity index (χ4v) is 4.82. The van der Waals surface area contributed by atoms with Crippen LogP contribution in [0.15, 0.2) is 89.8 Å². The molecule has 0 aromatic heterocycles. The minimum atomic E-state index is -0.0722. The van der Waals surface area contributed by atoms with Gasteiger partial charge >= 0.3 is 0 Å². The molecular weight excluding hydrogens is 436 g/mol. The van der Waals surface area contributed by atoms with Crippen LogP contribution in [0.25, 0.3) is 6.08 Å². The summed E-state index contributed by atoms with van der Waals surface area (Å²) in [6, 6.07) is 28.2. The molecule has 162 valence electrons. The van der Waals surface area contributed by atoms with Crippen molar-refractivity contribution in [3.8, 4) is 5.75 Å². The van der Waals surface area contributed by atoms with Gasteiger partial charge in [0.1, 0.15) is 10.1 Å². The Labute approximate surface area is 198 Å². The topological polar surface area (TPSA) is 32.8 Å². The fraction of sp³-hybridized carbons (Fsp3) is 0.154. The molecule has 1 aliphatic rings. The minimum Gasteiger partial charge on any atom is -0.496 e. The Kier molecular flexibility index (Phi) is 7.37. The molecule has 0 radical (unpaired) electrons. The highest BCUT2D eigenvalue weighted by Gasteiger charge is 2.33. The average molecular weight is 461 g/mol. The van der Waals surface area contributed by atoms with Gasteiger partial charge in [-0.1, -0.05) is 103 Å². The van der Waals surface area contributed by atoms with Crippen LogP contribution in [0.1, 0.15) is 16.7 Å². The van der Waals surface area contributed by atoms with Crippen molar-refractivity contribution >= 4 is 40.3 Å². The van der Waals surface area contributed by atoms with Gasteiger partial charge in [0, 0.05) is 18.7 Å². The fourth-order valence-electron chi connectivity index (χ4n) is 3.59. The van der Waals surface area contributed by atoms with Crippen LogP contribution < -0.4 is 4.74 Å². The number of hydrogen-bond donors (Lipinski definition) is 0. The molecule has 32 heavy (non-hydrogen) atoms. The van der Waals surface area contributed by atoms with Crippen LogP contribution >= 0.6 is 24.0 Å². The maximum absolute atomic E-state index is 13.2. The third kappa shape index (κ3) is 5.46. The summed E-state index contributed by atoms with van der Waals surface area (Å²) < 4.78 is 5.99. The van der Waals surface area contributed by atoms with Crippen molar-refractivity contribution in [1.29, 1.82) is 0 Å². The monoisotopic (exact) mass is 460 g/mol. The van der Waals surface area contributed by atoms with Crippen molar-refractivity contribution in [1.82, 2.24) is 9.80 Å². The van der Waals surface area contributed by atoms with E-state index in [2.05, 4.69) is 29.2 Å². The number of thiocarbonyl (C=S) groups is 1. The lowest BCUT2D eigenvalue weighted by atomic mass is 10.1. The molecule has 1 saturated heterocycles. The second-order valence-corrected chi connectivity index (χ2v) is 9.13. The van der Waals surface area contributed by atoms with Gasteiger partial charge in [-0.2, -0.15) is 0 Å². The third-order valence-electron chi connectivity index (χ3n) is 5.14. The summed E-state index contributed by atoms with van der Waals surface area (Å²) in [6.45, 7) is 1.87. The van der Waals surface area contributed by atoms with E-state index in [0.717, 1.165) is 24.4 Å². The van der Waals surface area contributed by atoms with Crippen LogP contribution in [0.5, 0.6) is 5.75 Å². The minimum absolute atomic E-state index is 0.0722. The number of thioether (sulfide) groups is 1. The average Bonchev–Trinajstić information content (AvgIpc) is 3.08. The number of hydrogen-bond acceptors (Lipinski definition) is 5. The molecule has 0 bridgehead atoms. The molecule has 0 unspecified atom stereocenters. The molecule has 0 atom stereocenters. The SMILES string of the molecule is COc1ccccc1/C=C1/SC(=S)N(CN(Cc2ccccc2)Cc2ccccc2)C1=O. The second-order valence-electron chi connectivity index (χ2n) is 7.45. The molecule has 0 saturated carbocycles. The molecule has 1 amide bonds. The molecule has 1 aliphatic heterocycles. The molecule has 0 N–H and O–H groups in total. The Morgan fingerprint density at radius 3 is 2.06 bits per heavy atom. The molecule has 4 nitrogen and oxygen atoms in total. The normalized spacial score (nSPS) is 15.1. The Balaban J connectivity index is 1.55. The van der Waals surface area contributed by atoms with Crippen molar-refractivity contribution in [3.05, 3.63) is 107 Å². The first-order valence-corrected chi connectivity index (χ1v) is 11.5. The highest BCUT2D eigenvalue weighted by molar-refractivity contribution is 8.26. The second kappa shape index (κ2) is 10.6. The zero-order valence-corrected chi connectivity index (χ0v) is 19.4. The van der Waals surface area contributed by atoms with Crippen molar-refractivity contribution in [3.63, 3.8) is 0 Å². The number of nitrogens with zero attached hydrogens (tertiary/aromatic N) is 2. The number of para-hydroxylation sites is 1. The summed E-state index contributed by atoms with van der Waals surface area (Å²) in [5.41, 5.74) is 3.25. The van der Waals surface area contributed by atoms with Gasteiger partial charge in [-0.25, -0.2) is 0 Å². The summed E-state index contributed by atoms with van der Waals surface area (Å²) in [7, 11) is 1.63.